The largest absolute Gasteiger partial charge is 0.471 e. The first-order valence-electron chi connectivity index (χ1n) is 7.12. The highest BCUT2D eigenvalue weighted by Gasteiger charge is 2.38. The van der Waals surface area contributed by atoms with Gasteiger partial charge in [0.1, 0.15) is 0 Å². The van der Waals surface area contributed by atoms with Crippen LogP contribution >= 0.6 is 0 Å². The summed E-state index contributed by atoms with van der Waals surface area (Å²) >= 11 is 0. The molecule has 1 amide bonds. The summed E-state index contributed by atoms with van der Waals surface area (Å²) in [4.78, 5) is 10.8. The summed E-state index contributed by atoms with van der Waals surface area (Å²) in [5, 5.41) is 1.68. The van der Waals surface area contributed by atoms with Crippen molar-refractivity contribution >= 4 is 21.6 Å². The van der Waals surface area contributed by atoms with Crippen molar-refractivity contribution in [3.63, 3.8) is 0 Å². The number of nitrogens with zero attached hydrogens (tertiary/aromatic N) is 1. The molecule has 1 aliphatic heterocycles. The predicted molar refractivity (Wildman–Crippen MR) is 78.3 cm³/mol. The maximum absolute atomic E-state index is 12.5. The van der Waals surface area contributed by atoms with Crippen LogP contribution in [0.3, 0.4) is 0 Å². The van der Waals surface area contributed by atoms with E-state index >= 15 is 0 Å². The Hall–Kier alpha value is -1.61. The van der Waals surface area contributed by atoms with Gasteiger partial charge in [-0.05, 0) is 44.0 Å². The zero-order valence-electron chi connectivity index (χ0n) is 12.4. The number of nitrogens with one attached hydrogen (secondary N) is 1. The second-order valence-electron chi connectivity index (χ2n) is 5.44. The van der Waals surface area contributed by atoms with E-state index in [1.165, 1.54) is 16.4 Å². The van der Waals surface area contributed by atoms with Crippen molar-refractivity contribution in [3.05, 3.63) is 24.3 Å². The SMILES string of the molecule is C[C@H]1CCCCN1S(=O)(=O)c1ccc(NC(=O)C(F)(F)F)cc1. The lowest BCUT2D eigenvalue weighted by atomic mass is 10.1. The molecule has 1 heterocycles. The molecule has 1 aliphatic rings. The lowest BCUT2D eigenvalue weighted by molar-refractivity contribution is -0.167. The van der Waals surface area contributed by atoms with Crippen LogP contribution in [0, 0.1) is 0 Å². The molecular formula is C14H17F3N2O3S. The van der Waals surface area contributed by atoms with Crippen molar-refractivity contribution < 1.29 is 26.4 Å². The molecular weight excluding hydrogens is 333 g/mol. The molecule has 5 nitrogen and oxygen atoms in total. The first-order chi connectivity index (χ1) is 10.6. The van der Waals surface area contributed by atoms with Gasteiger partial charge in [0.15, 0.2) is 0 Å². The van der Waals surface area contributed by atoms with Gasteiger partial charge in [0.2, 0.25) is 10.0 Å². The van der Waals surface area contributed by atoms with E-state index in [4.69, 9.17) is 0 Å². The summed E-state index contributed by atoms with van der Waals surface area (Å²) in [6.07, 6.45) is -2.47. The van der Waals surface area contributed by atoms with Crippen LogP contribution in [0.2, 0.25) is 0 Å². The van der Waals surface area contributed by atoms with Crippen molar-refractivity contribution in [3.8, 4) is 0 Å². The number of halogens is 3. The van der Waals surface area contributed by atoms with Gasteiger partial charge in [-0.1, -0.05) is 6.42 Å². The summed E-state index contributed by atoms with van der Waals surface area (Å²) < 4.78 is 63.0. The minimum atomic E-state index is -4.99. The highest BCUT2D eigenvalue weighted by atomic mass is 32.2. The topological polar surface area (TPSA) is 66.5 Å². The van der Waals surface area contributed by atoms with Crippen molar-refractivity contribution in [1.29, 1.82) is 0 Å². The fraction of sp³-hybridized carbons (Fsp3) is 0.500. The van der Waals surface area contributed by atoms with E-state index in [1.807, 2.05) is 6.92 Å². The molecule has 128 valence electrons. The number of sulfonamides is 1. The quantitative estimate of drug-likeness (QED) is 0.912. The summed E-state index contributed by atoms with van der Waals surface area (Å²) in [7, 11) is -3.69. The smallest absolute Gasteiger partial charge is 0.318 e. The van der Waals surface area contributed by atoms with E-state index in [0.29, 0.717) is 6.54 Å². The molecule has 9 heteroatoms. The second-order valence-corrected chi connectivity index (χ2v) is 7.33. The lowest BCUT2D eigenvalue weighted by Gasteiger charge is -2.32. The third kappa shape index (κ3) is 4.03. The Labute approximate surface area is 132 Å². The number of anilines is 1. The molecule has 0 radical (unpaired) electrons. The van der Waals surface area contributed by atoms with Crippen LogP contribution in [-0.4, -0.2) is 37.4 Å². The molecule has 1 fully saturated rings. The van der Waals surface area contributed by atoms with Crippen molar-refractivity contribution in [2.45, 2.75) is 43.3 Å². The lowest BCUT2D eigenvalue weighted by Crippen LogP contribution is -2.41. The van der Waals surface area contributed by atoms with Gasteiger partial charge in [-0.2, -0.15) is 17.5 Å². The number of carbonyl (C=O) groups excluding carboxylic acids is 1. The number of hydrogen-bond donors (Lipinski definition) is 1. The van der Waals surface area contributed by atoms with Crippen LogP contribution in [0.1, 0.15) is 26.2 Å². The fourth-order valence-electron chi connectivity index (χ4n) is 2.48. The minimum Gasteiger partial charge on any atom is -0.318 e. The van der Waals surface area contributed by atoms with Gasteiger partial charge in [0, 0.05) is 18.3 Å². The van der Waals surface area contributed by atoms with Gasteiger partial charge >= 0.3 is 12.1 Å². The van der Waals surface area contributed by atoms with Crippen molar-refractivity contribution in [2.24, 2.45) is 0 Å². The Balaban J connectivity index is 2.17. The zero-order chi connectivity index (χ0) is 17.3. The van der Waals surface area contributed by atoms with Gasteiger partial charge in [-0.15, -0.1) is 0 Å². The van der Waals surface area contributed by atoms with Crippen LogP contribution in [0.4, 0.5) is 18.9 Å². The van der Waals surface area contributed by atoms with Crippen LogP contribution in [-0.2, 0) is 14.8 Å². The molecule has 23 heavy (non-hydrogen) atoms. The monoisotopic (exact) mass is 350 g/mol. The van der Waals surface area contributed by atoms with Crippen LogP contribution in [0.25, 0.3) is 0 Å². The van der Waals surface area contributed by atoms with Gasteiger partial charge in [-0.3, -0.25) is 4.79 Å². The molecule has 1 N–H and O–H groups in total. The first kappa shape index (κ1) is 17.7. The number of hydrogen-bond acceptors (Lipinski definition) is 3. The predicted octanol–water partition coefficient (Wildman–Crippen LogP) is 2.75. The third-order valence-electron chi connectivity index (χ3n) is 3.72. The molecule has 0 spiro atoms. The minimum absolute atomic E-state index is 0.00347. The van der Waals surface area contributed by atoms with Crippen molar-refractivity contribution in [1.82, 2.24) is 4.31 Å². The molecule has 0 unspecified atom stereocenters. The second kappa shape index (κ2) is 6.48. The number of amides is 1. The molecule has 1 aromatic carbocycles. The van der Waals surface area contributed by atoms with Gasteiger partial charge in [0.25, 0.3) is 0 Å². The molecule has 1 aromatic rings. The van der Waals surface area contributed by atoms with E-state index in [2.05, 4.69) is 0 Å². The highest BCUT2D eigenvalue weighted by molar-refractivity contribution is 7.89. The number of rotatable bonds is 3. The Morgan fingerprint density at radius 3 is 2.35 bits per heavy atom. The van der Waals surface area contributed by atoms with E-state index in [0.717, 1.165) is 31.4 Å². The van der Waals surface area contributed by atoms with Gasteiger partial charge in [-0.25, -0.2) is 8.42 Å². The maximum Gasteiger partial charge on any atom is 0.471 e. The summed E-state index contributed by atoms with van der Waals surface area (Å²) in [5.74, 6) is -2.10. The van der Waals surface area contributed by atoms with Crippen LogP contribution in [0.5, 0.6) is 0 Å². The molecule has 0 saturated carbocycles. The Bertz CT molecular complexity index is 672. The molecule has 0 aliphatic carbocycles. The first-order valence-corrected chi connectivity index (χ1v) is 8.56. The average Bonchev–Trinajstić information content (AvgIpc) is 2.47. The Morgan fingerprint density at radius 1 is 1.22 bits per heavy atom. The molecule has 0 bridgehead atoms. The number of carbonyl (C=O) groups is 1. The van der Waals surface area contributed by atoms with Gasteiger partial charge < -0.3 is 5.32 Å². The Morgan fingerprint density at radius 2 is 1.83 bits per heavy atom. The number of benzene rings is 1. The Kier molecular flexibility index (Phi) is 5.00. The summed E-state index contributed by atoms with van der Waals surface area (Å²) in [6.45, 7) is 2.25. The number of piperidine rings is 1. The summed E-state index contributed by atoms with van der Waals surface area (Å²) in [6, 6.07) is 4.57. The average molecular weight is 350 g/mol. The van der Waals surface area contributed by atoms with E-state index < -0.39 is 22.1 Å². The van der Waals surface area contributed by atoms with E-state index in [1.54, 1.807) is 5.32 Å². The molecule has 1 saturated heterocycles. The van der Waals surface area contributed by atoms with Crippen LogP contribution < -0.4 is 5.32 Å². The normalized spacial score (nSPS) is 20.3. The third-order valence-corrected chi connectivity index (χ3v) is 5.75. The zero-order valence-corrected chi connectivity index (χ0v) is 13.2. The standard InChI is InChI=1S/C14H17F3N2O3S/c1-10-4-2-3-9-19(10)23(21,22)12-7-5-11(6-8-12)18-13(20)14(15,16)17/h5-8,10H,2-4,9H2,1H3,(H,18,20)/t10-/m0/s1. The molecule has 0 aromatic heterocycles. The maximum atomic E-state index is 12.5. The van der Waals surface area contributed by atoms with Gasteiger partial charge in [0.05, 0.1) is 4.90 Å². The van der Waals surface area contributed by atoms with E-state index in [9.17, 15) is 26.4 Å². The van der Waals surface area contributed by atoms with E-state index in [-0.39, 0.29) is 16.6 Å². The fourth-order valence-corrected chi connectivity index (χ4v) is 4.18. The van der Waals surface area contributed by atoms with Crippen molar-refractivity contribution in [2.75, 3.05) is 11.9 Å². The molecule has 2 rings (SSSR count). The highest BCUT2D eigenvalue weighted by Crippen LogP contribution is 2.26. The number of alkyl halides is 3. The van der Waals surface area contributed by atoms with Crippen LogP contribution in [0.15, 0.2) is 29.2 Å². The molecule has 1 atom stereocenters. The summed E-state index contributed by atoms with van der Waals surface area (Å²) in [5.41, 5.74) is -0.113.